The van der Waals surface area contributed by atoms with Crippen molar-refractivity contribution < 1.29 is 41.0 Å². The van der Waals surface area contributed by atoms with Crippen LogP contribution in [0.5, 0.6) is 0 Å². The summed E-state index contributed by atoms with van der Waals surface area (Å²) in [6.45, 7) is -0.119. The number of β-amino-alcohol motifs (C(OH)–C–C–N with tert-alkyl or cyclic N) is 1. The Morgan fingerprint density at radius 2 is 1.76 bits per heavy atom. The van der Waals surface area contributed by atoms with Crippen molar-refractivity contribution >= 4 is 28.7 Å². The lowest BCUT2D eigenvalue weighted by Gasteiger charge is -2.22. The van der Waals surface area contributed by atoms with E-state index in [1.807, 2.05) is 0 Å². The lowest BCUT2D eigenvalue weighted by molar-refractivity contribution is -0.155. The molecular formula is C27H18F6N4O4. The largest absolute Gasteiger partial charge is 0.412 e. The van der Waals surface area contributed by atoms with Crippen molar-refractivity contribution in [3.63, 3.8) is 0 Å². The monoisotopic (exact) mass is 576 g/mol. The molecule has 2 amide bonds. The van der Waals surface area contributed by atoms with Gasteiger partial charge >= 0.3 is 6.18 Å². The molecule has 0 spiro atoms. The van der Waals surface area contributed by atoms with Crippen LogP contribution >= 0.6 is 0 Å². The standard InChI is InChI=1S/C27H18F6N4O4/c28-14-3-1-2-13(8-14)24(27(31,32)33)35-26(41)18-12-36(20-6-4-15(29)9-19(20)30)25-17(23(18)40)5-7-21(34-25)37-11-16(38)10-22(37)39/h1-9,12,16,24,38H,10-11H2,(H,35,41)/t16-,24?/m0/s1. The fraction of sp³-hybridized carbons (Fsp3) is 0.185. The highest BCUT2D eigenvalue weighted by atomic mass is 19.4. The van der Waals surface area contributed by atoms with Gasteiger partial charge in [-0.25, -0.2) is 18.2 Å². The Morgan fingerprint density at radius 1 is 1.02 bits per heavy atom. The van der Waals surface area contributed by atoms with Crippen LogP contribution in [0.1, 0.15) is 28.4 Å². The van der Waals surface area contributed by atoms with Gasteiger partial charge in [-0.3, -0.25) is 23.9 Å². The molecule has 0 radical (unpaired) electrons. The normalized spacial score (nSPS) is 16.3. The summed E-state index contributed by atoms with van der Waals surface area (Å²) in [5, 5.41) is 11.2. The van der Waals surface area contributed by atoms with E-state index in [0.29, 0.717) is 12.1 Å². The quantitative estimate of drug-likeness (QED) is 0.351. The highest BCUT2D eigenvalue weighted by Crippen LogP contribution is 2.33. The van der Waals surface area contributed by atoms with Crippen molar-refractivity contribution in [1.82, 2.24) is 14.9 Å². The van der Waals surface area contributed by atoms with Gasteiger partial charge in [0.05, 0.1) is 30.1 Å². The SMILES string of the molecule is O=C(NC(c1cccc(F)c1)C(F)(F)F)c1cn(-c2ccc(F)cc2F)c2nc(N3C[C@@H](O)CC3=O)ccc2c1=O. The molecule has 41 heavy (non-hydrogen) atoms. The number of benzene rings is 2. The molecule has 2 N–H and O–H groups in total. The van der Waals surface area contributed by atoms with Crippen LogP contribution in [0.25, 0.3) is 16.7 Å². The van der Waals surface area contributed by atoms with E-state index >= 15 is 0 Å². The van der Waals surface area contributed by atoms with E-state index in [0.717, 1.165) is 52.1 Å². The number of amides is 2. The maximum absolute atomic E-state index is 14.9. The highest BCUT2D eigenvalue weighted by molar-refractivity contribution is 5.99. The summed E-state index contributed by atoms with van der Waals surface area (Å²) < 4.78 is 84.8. The van der Waals surface area contributed by atoms with Crippen molar-refractivity contribution in [2.45, 2.75) is 24.7 Å². The van der Waals surface area contributed by atoms with Crippen LogP contribution in [0.15, 0.2) is 65.6 Å². The number of alkyl halides is 3. The van der Waals surface area contributed by atoms with Crippen LogP contribution < -0.4 is 15.6 Å². The third-order valence-electron chi connectivity index (χ3n) is 6.42. The van der Waals surface area contributed by atoms with E-state index in [-0.39, 0.29) is 29.8 Å². The number of aliphatic hydroxyl groups is 1. The van der Waals surface area contributed by atoms with Gasteiger partial charge < -0.3 is 10.4 Å². The Labute approximate surface area is 226 Å². The molecule has 2 aromatic carbocycles. The Morgan fingerprint density at radius 3 is 2.39 bits per heavy atom. The maximum Gasteiger partial charge on any atom is 0.412 e. The Balaban J connectivity index is 1.67. The smallest absolute Gasteiger partial charge is 0.391 e. The van der Waals surface area contributed by atoms with E-state index < -0.39 is 69.8 Å². The molecular weight excluding hydrogens is 558 g/mol. The summed E-state index contributed by atoms with van der Waals surface area (Å²) in [4.78, 5) is 44.1. The molecule has 4 aromatic rings. The zero-order valence-electron chi connectivity index (χ0n) is 20.6. The van der Waals surface area contributed by atoms with Crippen molar-refractivity contribution in [2.75, 3.05) is 11.4 Å². The zero-order valence-corrected chi connectivity index (χ0v) is 20.6. The van der Waals surface area contributed by atoms with Crippen LogP contribution in [0.3, 0.4) is 0 Å². The van der Waals surface area contributed by atoms with Crippen molar-refractivity contribution in [3.05, 3.63) is 99.6 Å². The number of pyridine rings is 2. The summed E-state index contributed by atoms with van der Waals surface area (Å²) in [5.74, 6) is -5.14. The second-order valence-corrected chi connectivity index (χ2v) is 9.24. The summed E-state index contributed by atoms with van der Waals surface area (Å²) in [6.07, 6.45) is -5.52. The molecule has 212 valence electrons. The van der Waals surface area contributed by atoms with Crippen LogP contribution in [0.2, 0.25) is 0 Å². The van der Waals surface area contributed by atoms with Crippen molar-refractivity contribution in [2.24, 2.45) is 0 Å². The predicted molar refractivity (Wildman–Crippen MR) is 133 cm³/mol. The van der Waals surface area contributed by atoms with Gasteiger partial charge in [-0.15, -0.1) is 0 Å². The van der Waals surface area contributed by atoms with Crippen molar-refractivity contribution in [1.29, 1.82) is 0 Å². The molecule has 0 saturated carbocycles. The minimum Gasteiger partial charge on any atom is -0.391 e. The molecule has 1 aliphatic rings. The molecule has 2 atom stereocenters. The molecule has 3 heterocycles. The number of nitrogens with zero attached hydrogens (tertiary/aromatic N) is 3. The summed E-state index contributed by atoms with van der Waals surface area (Å²) >= 11 is 0. The van der Waals surface area contributed by atoms with Crippen LogP contribution in [0, 0.1) is 17.5 Å². The fourth-order valence-electron chi connectivity index (χ4n) is 4.52. The van der Waals surface area contributed by atoms with Crippen LogP contribution in [-0.2, 0) is 4.79 Å². The minimum absolute atomic E-state index is 0.0323. The van der Waals surface area contributed by atoms with Gasteiger partial charge in [-0.1, -0.05) is 12.1 Å². The van der Waals surface area contributed by atoms with E-state index in [1.54, 1.807) is 5.32 Å². The number of nitrogens with one attached hydrogen (secondary N) is 1. The Bertz CT molecular complexity index is 1760. The topological polar surface area (TPSA) is 105 Å². The summed E-state index contributed by atoms with van der Waals surface area (Å²) in [7, 11) is 0. The average molecular weight is 576 g/mol. The molecule has 2 aromatic heterocycles. The number of hydrogen-bond donors (Lipinski definition) is 2. The molecule has 1 fully saturated rings. The van der Waals surface area contributed by atoms with Gasteiger partial charge in [0.1, 0.15) is 28.8 Å². The second kappa shape index (κ2) is 10.4. The number of carbonyl (C=O) groups is 2. The lowest BCUT2D eigenvalue weighted by Crippen LogP contribution is -2.40. The number of aromatic nitrogens is 2. The first-order chi connectivity index (χ1) is 19.3. The predicted octanol–water partition coefficient (Wildman–Crippen LogP) is 3.93. The molecule has 5 rings (SSSR count). The molecule has 14 heteroatoms. The molecule has 0 bridgehead atoms. The van der Waals surface area contributed by atoms with Gasteiger partial charge in [0.25, 0.3) is 5.91 Å². The molecule has 8 nitrogen and oxygen atoms in total. The van der Waals surface area contributed by atoms with Crippen LogP contribution in [-0.4, -0.2) is 45.3 Å². The zero-order chi connectivity index (χ0) is 29.6. The number of rotatable bonds is 5. The number of halogens is 6. The minimum atomic E-state index is -5.09. The third-order valence-corrected chi connectivity index (χ3v) is 6.42. The number of hydrogen-bond acceptors (Lipinski definition) is 5. The summed E-state index contributed by atoms with van der Waals surface area (Å²) in [5.41, 5.74) is -3.29. The van der Waals surface area contributed by atoms with E-state index in [9.17, 15) is 45.8 Å². The second-order valence-electron chi connectivity index (χ2n) is 9.24. The third kappa shape index (κ3) is 5.37. The van der Waals surface area contributed by atoms with Gasteiger partial charge in [0.2, 0.25) is 11.3 Å². The molecule has 1 unspecified atom stereocenters. The number of aliphatic hydroxyl groups excluding tert-OH is 1. The fourth-order valence-corrected chi connectivity index (χ4v) is 4.52. The van der Waals surface area contributed by atoms with Gasteiger partial charge in [0, 0.05) is 12.3 Å². The lowest BCUT2D eigenvalue weighted by atomic mass is 10.1. The van der Waals surface area contributed by atoms with Crippen LogP contribution in [0.4, 0.5) is 32.2 Å². The van der Waals surface area contributed by atoms with Gasteiger partial charge in [-0.2, -0.15) is 13.2 Å². The summed E-state index contributed by atoms with van der Waals surface area (Å²) in [6, 6.07) is 5.44. The molecule has 1 aliphatic heterocycles. The molecule has 0 aliphatic carbocycles. The van der Waals surface area contributed by atoms with Crippen molar-refractivity contribution in [3.8, 4) is 5.69 Å². The average Bonchev–Trinajstić information content (AvgIpc) is 3.24. The Hall–Kier alpha value is -4.72. The molecule has 1 saturated heterocycles. The van der Waals surface area contributed by atoms with E-state index in [4.69, 9.17) is 0 Å². The van der Waals surface area contributed by atoms with Gasteiger partial charge in [-0.05, 0) is 42.0 Å². The van der Waals surface area contributed by atoms with E-state index in [1.165, 1.54) is 6.07 Å². The first-order valence-electron chi connectivity index (χ1n) is 12.0. The number of fused-ring (bicyclic) bond motifs is 1. The first-order valence-corrected chi connectivity index (χ1v) is 12.0. The number of anilines is 1. The number of carbonyl (C=O) groups excluding carboxylic acids is 2. The van der Waals surface area contributed by atoms with Gasteiger partial charge in [0.15, 0.2) is 11.7 Å². The highest BCUT2D eigenvalue weighted by Gasteiger charge is 2.42. The maximum atomic E-state index is 14.9. The first kappa shape index (κ1) is 27.8. The Kier molecular flexibility index (Phi) is 7.03. The van der Waals surface area contributed by atoms with E-state index in [2.05, 4.69) is 4.98 Å².